The van der Waals surface area contributed by atoms with E-state index < -0.39 is 4.92 Å². The molecule has 0 aliphatic heterocycles. The molecule has 0 aliphatic rings. The summed E-state index contributed by atoms with van der Waals surface area (Å²) in [5, 5.41) is 13.4. The van der Waals surface area contributed by atoms with E-state index in [-0.39, 0.29) is 16.7 Å². The van der Waals surface area contributed by atoms with Gasteiger partial charge in [-0.3, -0.25) is 10.1 Å². The van der Waals surface area contributed by atoms with Gasteiger partial charge in [-0.15, -0.1) is 0 Å². The third kappa shape index (κ3) is 3.16. The van der Waals surface area contributed by atoms with E-state index >= 15 is 0 Å². The van der Waals surface area contributed by atoms with Gasteiger partial charge in [-0.2, -0.15) is 0 Å². The van der Waals surface area contributed by atoms with E-state index in [0.717, 1.165) is 6.42 Å². The summed E-state index contributed by atoms with van der Waals surface area (Å²) < 4.78 is 0. The van der Waals surface area contributed by atoms with Crippen LogP contribution in [-0.2, 0) is 0 Å². The fourth-order valence-corrected chi connectivity index (χ4v) is 1.29. The maximum atomic E-state index is 10.7. The van der Waals surface area contributed by atoms with Crippen LogP contribution in [0.3, 0.4) is 0 Å². The molecule has 0 aromatic carbocycles. The molecule has 0 saturated carbocycles. The molecule has 16 heavy (non-hydrogen) atoms. The molecule has 0 amide bonds. The summed E-state index contributed by atoms with van der Waals surface area (Å²) in [6, 6.07) is 0. The highest BCUT2D eigenvalue weighted by atomic mass is 35.5. The lowest BCUT2D eigenvalue weighted by Gasteiger charge is -2.04. The van der Waals surface area contributed by atoms with Crippen molar-refractivity contribution >= 4 is 23.1 Å². The average Bonchev–Trinajstić information content (AvgIpc) is 2.24. The lowest BCUT2D eigenvalue weighted by atomic mass is 10.3. The molecule has 1 N–H and O–H groups in total. The zero-order valence-electron chi connectivity index (χ0n) is 8.68. The summed E-state index contributed by atoms with van der Waals surface area (Å²) in [6.07, 6.45) is 5.80. The lowest BCUT2D eigenvalue weighted by molar-refractivity contribution is -0.384. The predicted molar refractivity (Wildman–Crippen MR) is 61.6 cm³/mol. The van der Waals surface area contributed by atoms with Crippen LogP contribution < -0.4 is 5.32 Å². The van der Waals surface area contributed by atoms with Gasteiger partial charge in [-0.1, -0.05) is 23.8 Å². The quantitative estimate of drug-likeness (QED) is 0.282. The number of nitrogens with zero attached hydrogens (tertiary/aromatic N) is 3. The second-order valence-corrected chi connectivity index (χ2v) is 3.26. The molecule has 0 aliphatic carbocycles. The highest BCUT2D eigenvalue weighted by Crippen LogP contribution is 2.27. The molecule has 0 atom stereocenters. The lowest BCUT2D eigenvalue weighted by Crippen LogP contribution is -2.06. The van der Waals surface area contributed by atoms with Crippen molar-refractivity contribution in [3.05, 3.63) is 33.7 Å². The summed E-state index contributed by atoms with van der Waals surface area (Å²) in [6.45, 7) is 2.46. The van der Waals surface area contributed by atoms with E-state index in [4.69, 9.17) is 11.6 Å². The summed E-state index contributed by atoms with van der Waals surface area (Å²) in [5.41, 5.74) is -0.287. The van der Waals surface area contributed by atoms with Crippen molar-refractivity contribution in [1.82, 2.24) is 9.97 Å². The molecule has 1 aromatic heterocycles. The second-order valence-electron chi connectivity index (χ2n) is 2.90. The van der Waals surface area contributed by atoms with E-state index in [2.05, 4.69) is 15.3 Å². The Morgan fingerprint density at radius 1 is 1.62 bits per heavy atom. The molecule has 1 heterocycles. The van der Waals surface area contributed by atoms with Crippen LogP contribution >= 0.6 is 11.6 Å². The number of anilines is 1. The summed E-state index contributed by atoms with van der Waals surface area (Å²) in [7, 11) is 0. The third-order valence-electron chi connectivity index (χ3n) is 1.80. The number of halogens is 1. The molecule has 1 aromatic rings. The van der Waals surface area contributed by atoms with Gasteiger partial charge in [0.05, 0.1) is 4.92 Å². The molecular formula is C9H11ClN4O2. The van der Waals surface area contributed by atoms with E-state index in [9.17, 15) is 10.1 Å². The van der Waals surface area contributed by atoms with Crippen molar-refractivity contribution in [2.24, 2.45) is 0 Å². The monoisotopic (exact) mass is 242 g/mol. The topological polar surface area (TPSA) is 81.0 Å². The van der Waals surface area contributed by atoms with Gasteiger partial charge in [-0.25, -0.2) is 9.97 Å². The molecule has 0 unspecified atom stereocenters. The molecule has 86 valence electrons. The van der Waals surface area contributed by atoms with Crippen molar-refractivity contribution in [3.8, 4) is 0 Å². The molecule has 0 radical (unpaired) electrons. The fourth-order valence-electron chi connectivity index (χ4n) is 1.09. The molecule has 1 rings (SSSR count). The summed E-state index contributed by atoms with van der Waals surface area (Å²) >= 11 is 5.62. The Morgan fingerprint density at radius 2 is 2.38 bits per heavy atom. The average molecular weight is 243 g/mol. The highest BCUT2D eigenvalue weighted by Gasteiger charge is 2.20. The molecule has 0 bridgehead atoms. The first kappa shape index (κ1) is 12.4. The van der Waals surface area contributed by atoms with Crippen molar-refractivity contribution in [3.63, 3.8) is 0 Å². The zero-order chi connectivity index (χ0) is 12.0. The van der Waals surface area contributed by atoms with Crippen LogP contribution in [0.2, 0.25) is 5.15 Å². The Kier molecular flexibility index (Phi) is 4.65. The highest BCUT2D eigenvalue weighted by molar-refractivity contribution is 6.31. The van der Waals surface area contributed by atoms with Gasteiger partial charge in [0, 0.05) is 6.54 Å². The molecule has 7 heteroatoms. The number of aromatic nitrogens is 2. The Balaban J connectivity index is 2.79. The number of nitrogens with one attached hydrogen (secondary N) is 1. The third-order valence-corrected chi connectivity index (χ3v) is 2.08. The minimum absolute atomic E-state index is 0.148. The van der Waals surface area contributed by atoms with Crippen molar-refractivity contribution in [2.45, 2.75) is 13.3 Å². The first-order chi connectivity index (χ1) is 7.66. The van der Waals surface area contributed by atoms with Crippen LogP contribution in [-0.4, -0.2) is 21.4 Å². The van der Waals surface area contributed by atoms with E-state index in [1.54, 1.807) is 0 Å². The van der Waals surface area contributed by atoms with Crippen molar-refractivity contribution < 1.29 is 4.92 Å². The number of hydrogen-bond acceptors (Lipinski definition) is 5. The van der Waals surface area contributed by atoms with Crippen LogP contribution in [0, 0.1) is 10.1 Å². The maximum Gasteiger partial charge on any atom is 0.348 e. The fraction of sp³-hybridized carbons (Fsp3) is 0.333. The maximum absolute atomic E-state index is 10.7. The first-order valence-corrected chi connectivity index (χ1v) is 5.04. The summed E-state index contributed by atoms with van der Waals surface area (Å²) in [5.74, 6) is 0.148. The Morgan fingerprint density at radius 3 is 3.00 bits per heavy atom. The number of rotatable bonds is 5. The van der Waals surface area contributed by atoms with Gasteiger partial charge in [0.1, 0.15) is 6.33 Å². The Hall–Kier alpha value is -1.69. The van der Waals surface area contributed by atoms with Gasteiger partial charge >= 0.3 is 5.69 Å². The summed E-state index contributed by atoms with van der Waals surface area (Å²) in [4.78, 5) is 17.5. The SMILES string of the molecule is C/C=C/CCNc1ncnc(Cl)c1[N+](=O)[O-]. The van der Waals surface area contributed by atoms with Crippen LogP contribution in [0.15, 0.2) is 18.5 Å². The standard InChI is InChI=1S/C9H11ClN4O2/c1-2-3-4-5-11-9-7(14(15)16)8(10)12-6-13-9/h2-3,6H,4-5H2,1H3,(H,11,12,13)/b3-2+. The van der Waals surface area contributed by atoms with Gasteiger partial charge in [0.15, 0.2) is 0 Å². The van der Waals surface area contributed by atoms with E-state index in [0.29, 0.717) is 6.54 Å². The van der Waals surface area contributed by atoms with E-state index in [1.165, 1.54) is 6.33 Å². The van der Waals surface area contributed by atoms with Crippen molar-refractivity contribution in [2.75, 3.05) is 11.9 Å². The Labute approximate surface area is 97.5 Å². The minimum atomic E-state index is -0.597. The first-order valence-electron chi connectivity index (χ1n) is 4.66. The predicted octanol–water partition coefficient (Wildman–Crippen LogP) is 2.42. The zero-order valence-corrected chi connectivity index (χ0v) is 9.44. The largest absolute Gasteiger partial charge is 0.364 e. The smallest absolute Gasteiger partial charge is 0.348 e. The van der Waals surface area contributed by atoms with E-state index in [1.807, 2.05) is 19.1 Å². The molecule has 0 saturated heterocycles. The minimum Gasteiger partial charge on any atom is -0.364 e. The van der Waals surface area contributed by atoms with Gasteiger partial charge in [0.2, 0.25) is 11.0 Å². The van der Waals surface area contributed by atoms with Gasteiger partial charge in [0.25, 0.3) is 0 Å². The van der Waals surface area contributed by atoms with Gasteiger partial charge < -0.3 is 5.32 Å². The normalized spacial score (nSPS) is 10.6. The van der Waals surface area contributed by atoms with Crippen molar-refractivity contribution in [1.29, 1.82) is 0 Å². The second kappa shape index (κ2) is 6.02. The molecule has 6 nitrogen and oxygen atoms in total. The molecular weight excluding hydrogens is 232 g/mol. The number of hydrogen-bond donors (Lipinski definition) is 1. The molecule has 0 spiro atoms. The van der Waals surface area contributed by atoms with Crippen LogP contribution in [0.4, 0.5) is 11.5 Å². The van der Waals surface area contributed by atoms with Gasteiger partial charge in [-0.05, 0) is 13.3 Å². The Bertz CT molecular complexity index is 408. The number of nitro groups is 1. The van der Waals surface area contributed by atoms with Crippen LogP contribution in [0.1, 0.15) is 13.3 Å². The van der Waals surface area contributed by atoms with Crippen LogP contribution in [0.25, 0.3) is 0 Å². The molecule has 0 fully saturated rings. The number of allylic oxidation sites excluding steroid dienone is 1. The van der Waals surface area contributed by atoms with Crippen LogP contribution in [0.5, 0.6) is 0 Å².